The van der Waals surface area contributed by atoms with Crippen LogP contribution >= 0.6 is 11.6 Å². The summed E-state index contributed by atoms with van der Waals surface area (Å²) in [6, 6.07) is 10.6. The lowest BCUT2D eigenvalue weighted by Gasteiger charge is -2.23. The van der Waals surface area contributed by atoms with Crippen LogP contribution in [0.4, 0.5) is 36.3 Å². The maximum Gasteiger partial charge on any atom is 0.416 e. The number of fused-ring (bicyclic) bond motifs is 1. The Labute approximate surface area is 189 Å². The Hall–Kier alpha value is -3.86. The van der Waals surface area contributed by atoms with E-state index in [-0.39, 0.29) is 29.4 Å². The molecule has 4 N–H and O–H groups in total. The molecular weight excluding hydrogens is 463 g/mol. The number of amides is 2. The van der Waals surface area contributed by atoms with Gasteiger partial charge in [0, 0.05) is 22.8 Å². The molecule has 4 rings (SSSR count). The molecule has 1 atom stereocenters. The molecule has 2 amide bonds. The molecule has 12 heteroatoms. The number of anilines is 4. The fourth-order valence-corrected chi connectivity index (χ4v) is 3.55. The van der Waals surface area contributed by atoms with Gasteiger partial charge in [0.15, 0.2) is 0 Å². The number of aromatic nitrogens is 2. The lowest BCUT2D eigenvalue weighted by atomic mass is 9.92. The second-order valence-electron chi connectivity index (χ2n) is 7.18. The Morgan fingerprint density at radius 3 is 2.55 bits per heavy atom. The molecule has 1 aliphatic rings. The number of hydrogen-bond acceptors (Lipinski definition) is 5. The molecule has 0 fully saturated rings. The third-order valence-corrected chi connectivity index (χ3v) is 5.05. The molecule has 1 unspecified atom stereocenters. The van der Waals surface area contributed by atoms with Crippen molar-refractivity contribution in [3.05, 3.63) is 75.0 Å². The molecule has 2 heterocycles. The molecular formula is C21H15ClF3N5O3. The van der Waals surface area contributed by atoms with Crippen LogP contribution in [0.25, 0.3) is 0 Å². The lowest BCUT2D eigenvalue weighted by Crippen LogP contribution is -2.36. The summed E-state index contributed by atoms with van der Waals surface area (Å²) in [5.41, 5.74) is -1.33. The van der Waals surface area contributed by atoms with E-state index in [0.29, 0.717) is 10.7 Å². The highest BCUT2D eigenvalue weighted by atomic mass is 35.5. The van der Waals surface area contributed by atoms with E-state index in [1.807, 2.05) is 0 Å². The average Bonchev–Trinajstić information content (AvgIpc) is 2.72. The highest BCUT2D eigenvalue weighted by molar-refractivity contribution is 6.30. The number of benzene rings is 2. The predicted molar refractivity (Wildman–Crippen MR) is 116 cm³/mol. The molecule has 33 heavy (non-hydrogen) atoms. The van der Waals surface area contributed by atoms with Crippen LogP contribution in [0.5, 0.6) is 0 Å². The third-order valence-electron chi connectivity index (χ3n) is 4.81. The average molecular weight is 478 g/mol. The molecule has 3 aromatic rings. The number of halogens is 4. The first kappa shape index (κ1) is 22.3. The summed E-state index contributed by atoms with van der Waals surface area (Å²) in [5, 5.41) is 8.08. The van der Waals surface area contributed by atoms with Crippen molar-refractivity contribution in [2.75, 3.05) is 16.0 Å². The van der Waals surface area contributed by atoms with Gasteiger partial charge in [-0.25, -0.2) is 0 Å². The van der Waals surface area contributed by atoms with E-state index in [1.54, 1.807) is 24.3 Å². The van der Waals surface area contributed by atoms with Crippen molar-refractivity contribution in [3.63, 3.8) is 0 Å². The molecule has 0 aliphatic carbocycles. The second-order valence-corrected chi connectivity index (χ2v) is 7.62. The standard InChI is InChI=1S/C21H15ClF3N5O3/c22-11-4-2-6-13(8-11)27-20-29-17-16(19(33)30-20)14(9-15(31)28-17)18(32)26-12-5-1-3-10(7-12)21(23,24)25/h1-8,14H,9H2,(H,26,32)(H3,27,28,29,30,31,33). The van der Waals surface area contributed by atoms with Gasteiger partial charge in [-0.05, 0) is 36.4 Å². The molecule has 0 saturated heterocycles. The Kier molecular flexibility index (Phi) is 5.81. The van der Waals surface area contributed by atoms with Crippen molar-refractivity contribution < 1.29 is 22.8 Å². The van der Waals surface area contributed by atoms with Crippen molar-refractivity contribution in [2.45, 2.75) is 18.5 Å². The Morgan fingerprint density at radius 2 is 1.82 bits per heavy atom. The number of rotatable bonds is 4. The van der Waals surface area contributed by atoms with E-state index in [0.717, 1.165) is 18.2 Å². The summed E-state index contributed by atoms with van der Waals surface area (Å²) in [4.78, 5) is 44.4. The molecule has 1 aromatic heterocycles. The van der Waals surface area contributed by atoms with Crippen LogP contribution in [-0.2, 0) is 15.8 Å². The van der Waals surface area contributed by atoms with Crippen molar-refractivity contribution in [3.8, 4) is 0 Å². The van der Waals surface area contributed by atoms with Gasteiger partial charge < -0.3 is 16.0 Å². The van der Waals surface area contributed by atoms with E-state index < -0.39 is 35.0 Å². The van der Waals surface area contributed by atoms with Crippen LogP contribution in [0.15, 0.2) is 53.3 Å². The first-order valence-corrected chi connectivity index (χ1v) is 9.93. The molecule has 8 nitrogen and oxygen atoms in total. The monoisotopic (exact) mass is 477 g/mol. The number of hydrogen-bond donors (Lipinski definition) is 4. The van der Waals surface area contributed by atoms with E-state index in [2.05, 4.69) is 25.9 Å². The van der Waals surface area contributed by atoms with Crippen LogP contribution in [0.1, 0.15) is 23.5 Å². The lowest BCUT2D eigenvalue weighted by molar-refractivity contribution is -0.137. The minimum absolute atomic E-state index is 0.000234. The number of aromatic amines is 1. The van der Waals surface area contributed by atoms with Gasteiger partial charge in [0.05, 0.1) is 17.0 Å². The minimum atomic E-state index is -4.59. The summed E-state index contributed by atoms with van der Waals surface area (Å²) in [7, 11) is 0. The number of H-pyrrole nitrogens is 1. The topological polar surface area (TPSA) is 116 Å². The van der Waals surface area contributed by atoms with Crippen molar-refractivity contribution in [1.29, 1.82) is 0 Å². The van der Waals surface area contributed by atoms with E-state index in [9.17, 15) is 27.6 Å². The number of nitrogens with one attached hydrogen (secondary N) is 4. The van der Waals surface area contributed by atoms with Gasteiger partial charge in [0.2, 0.25) is 17.8 Å². The van der Waals surface area contributed by atoms with Crippen LogP contribution in [0.2, 0.25) is 5.02 Å². The summed E-state index contributed by atoms with van der Waals surface area (Å²) in [6.07, 6.45) is -4.96. The predicted octanol–water partition coefficient (Wildman–Crippen LogP) is 4.25. The Morgan fingerprint density at radius 1 is 1.09 bits per heavy atom. The number of carbonyl (C=O) groups excluding carboxylic acids is 2. The zero-order valence-corrected chi connectivity index (χ0v) is 17.3. The molecule has 0 bridgehead atoms. The first-order valence-electron chi connectivity index (χ1n) is 9.55. The Balaban J connectivity index is 1.62. The maximum absolute atomic E-state index is 12.9. The van der Waals surface area contributed by atoms with Crippen molar-refractivity contribution in [1.82, 2.24) is 9.97 Å². The molecule has 2 aromatic carbocycles. The zero-order chi connectivity index (χ0) is 23.8. The first-order chi connectivity index (χ1) is 15.6. The molecule has 170 valence electrons. The van der Waals surface area contributed by atoms with Crippen molar-refractivity contribution in [2.24, 2.45) is 0 Å². The van der Waals surface area contributed by atoms with Gasteiger partial charge >= 0.3 is 6.18 Å². The smallest absolute Gasteiger partial charge is 0.326 e. The summed E-state index contributed by atoms with van der Waals surface area (Å²) in [6.45, 7) is 0. The van der Waals surface area contributed by atoms with Crippen molar-refractivity contribution >= 4 is 46.6 Å². The highest BCUT2D eigenvalue weighted by Crippen LogP contribution is 2.33. The van der Waals surface area contributed by atoms with Crippen LogP contribution in [0.3, 0.4) is 0 Å². The van der Waals surface area contributed by atoms with E-state index in [1.165, 1.54) is 6.07 Å². The van der Waals surface area contributed by atoms with Gasteiger partial charge in [-0.15, -0.1) is 0 Å². The van der Waals surface area contributed by atoms with Gasteiger partial charge in [0.25, 0.3) is 5.56 Å². The van der Waals surface area contributed by atoms with Gasteiger partial charge in [-0.3, -0.25) is 19.4 Å². The molecule has 0 radical (unpaired) electrons. The normalized spacial score (nSPS) is 15.4. The largest absolute Gasteiger partial charge is 0.416 e. The summed E-state index contributed by atoms with van der Waals surface area (Å²) < 4.78 is 38.8. The van der Waals surface area contributed by atoms with Gasteiger partial charge in [-0.1, -0.05) is 23.7 Å². The van der Waals surface area contributed by atoms with Gasteiger partial charge in [-0.2, -0.15) is 18.2 Å². The second kappa shape index (κ2) is 8.58. The number of nitrogens with zero attached hydrogens (tertiary/aromatic N) is 1. The quantitative estimate of drug-likeness (QED) is 0.448. The summed E-state index contributed by atoms with van der Waals surface area (Å²) in [5.74, 6) is -2.75. The van der Waals surface area contributed by atoms with E-state index >= 15 is 0 Å². The van der Waals surface area contributed by atoms with E-state index in [4.69, 9.17) is 11.6 Å². The fraction of sp³-hybridized carbons (Fsp3) is 0.143. The molecule has 0 saturated carbocycles. The van der Waals surface area contributed by atoms with Crippen LogP contribution in [-0.4, -0.2) is 21.8 Å². The molecule has 1 aliphatic heterocycles. The van der Waals surface area contributed by atoms with Gasteiger partial charge in [0.1, 0.15) is 5.82 Å². The molecule has 0 spiro atoms. The fourth-order valence-electron chi connectivity index (χ4n) is 3.36. The number of alkyl halides is 3. The number of carbonyl (C=O) groups is 2. The van der Waals surface area contributed by atoms with Crippen LogP contribution < -0.4 is 21.5 Å². The Bertz CT molecular complexity index is 1310. The SMILES string of the molecule is O=C1CC(C(=O)Nc2cccc(C(F)(F)F)c2)c2c(nc(Nc3cccc(Cl)c3)[nH]c2=O)N1. The maximum atomic E-state index is 12.9. The third kappa shape index (κ3) is 4.98. The summed E-state index contributed by atoms with van der Waals surface area (Å²) >= 11 is 5.94. The zero-order valence-electron chi connectivity index (χ0n) is 16.6. The van der Waals surface area contributed by atoms with Crippen LogP contribution in [0, 0.1) is 0 Å². The minimum Gasteiger partial charge on any atom is -0.326 e. The highest BCUT2D eigenvalue weighted by Gasteiger charge is 2.35.